The lowest BCUT2D eigenvalue weighted by Crippen LogP contribution is -2.35. The van der Waals surface area contributed by atoms with Gasteiger partial charge in [-0.3, -0.25) is 4.79 Å². The van der Waals surface area contributed by atoms with Gasteiger partial charge in [-0.2, -0.15) is 0 Å². The lowest BCUT2D eigenvalue weighted by molar-refractivity contribution is -0.151. The van der Waals surface area contributed by atoms with Crippen LogP contribution in [-0.2, 0) is 20.9 Å². The molecule has 0 unspecified atom stereocenters. The largest absolute Gasteiger partial charge is 0.479 e. The molecule has 1 aliphatic rings. The molecule has 1 heterocycles. The van der Waals surface area contributed by atoms with Gasteiger partial charge < -0.3 is 25.8 Å². The summed E-state index contributed by atoms with van der Waals surface area (Å²) in [6.45, 7) is 2.19. The second-order valence-corrected chi connectivity index (χ2v) is 6.90. The van der Waals surface area contributed by atoms with E-state index >= 15 is 0 Å². The van der Waals surface area contributed by atoms with Gasteiger partial charge >= 0.3 is 12.0 Å². The van der Waals surface area contributed by atoms with E-state index in [1.807, 2.05) is 31.2 Å². The summed E-state index contributed by atoms with van der Waals surface area (Å²) in [5.74, 6) is -1.40. The number of carbonyl (C=O) groups excluding carboxylic acids is 2. The van der Waals surface area contributed by atoms with Crippen molar-refractivity contribution in [3.8, 4) is 0 Å². The van der Waals surface area contributed by atoms with Crippen LogP contribution in [0.25, 0.3) is 0 Å². The average molecular weight is 397 g/mol. The van der Waals surface area contributed by atoms with Gasteiger partial charge in [0.05, 0.1) is 0 Å². The van der Waals surface area contributed by atoms with Gasteiger partial charge in [-0.25, -0.2) is 9.59 Å². The monoisotopic (exact) mass is 397 g/mol. The maximum atomic E-state index is 12.2. The molecule has 8 heteroatoms. The van der Waals surface area contributed by atoms with E-state index in [-0.39, 0.29) is 18.5 Å². The number of hydrogen-bond donors (Lipinski definition) is 4. The molecule has 4 N–H and O–H groups in total. The molecule has 0 spiro atoms. The number of carboxylic acid groups (broad SMARTS) is 1. The summed E-state index contributed by atoms with van der Waals surface area (Å²) in [6, 6.07) is 14.2. The fraction of sp³-hybridized carbons (Fsp3) is 0.286. The predicted octanol–water partition coefficient (Wildman–Crippen LogP) is 2.89. The SMILES string of the molecule is Cc1cccc(NC(=O)Nc2cccc(CNC(=O)[C@@H]3CC[C@H](C(=O)O)O3)c2)c1. The van der Waals surface area contributed by atoms with Crippen molar-refractivity contribution >= 4 is 29.3 Å². The minimum absolute atomic E-state index is 0.242. The first-order chi connectivity index (χ1) is 13.9. The Labute approximate surface area is 168 Å². The smallest absolute Gasteiger partial charge is 0.332 e. The molecule has 8 nitrogen and oxygen atoms in total. The van der Waals surface area contributed by atoms with Gasteiger partial charge in [0.15, 0.2) is 6.10 Å². The van der Waals surface area contributed by atoms with Crippen molar-refractivity contribution in [2.24, 2.45) is 0 Å². The van der Waals surface area contributed by atoms with E-state index in [0.29, 0.717) is 24.2 Å². The zero-order chi connectivity index (χ0) is 20.8. The molecule has 152 valence electrons. The van der Waals surface area contributed by atoms with Crippen LogP contribution >= 0.6 is 0 Å². The summed E-state index contributed by atoms with van der Waals surface area (Å²) in [5.41, 5.74) is 3.12. The summed E-state index contributed by atoms with van der Waals surface area (Å²) in [5, 5.41) is 17.2. The first kappa shape index (κ1) is 20.3. The molecule has 0 bridgehead atoms. The number of carbonyl (C=O) groups is 3. The average Bonchev–Trinajstić information content (AvgIpc) is 3.17. The van der Waals surface area contributed by atoms with Crippen molar-refractivity contribution in [1.82, 2.24) is 5.32 Å². The number of nitrogens with one attached hydrogen (secondary N) is 3. The minimum atomic E-state index is -1.05. The highest BCUT2D eigenvalue weighted by molar-refractivity contribution is 5.99. The highest BCUT2D eigenvalue weighted by Gasteiger charge is 2.34. The first-order valence-corrected chi connectivity index (χ1v) is 9.30. The van der Waals surface area contributed by atoms with E-state index in [2.05, 4.69) is 16.0 Å². The number of carboxylic acids is 1. The summed E-state index contributed by atoms with van der Waals surface area (Å²) in [7, 11) is 0. The molecule has 1 aliphatic heterocycles. The van der Waals surface area contributed by atoms with Gasteiger partial charge in [-0.15, -0.1) is 0 Å². The third-order valence-corrected chi connectivity index (χ3v) is 4.51. The van der Waals surface area contributed by atoms with Crippen LogP contribution in [0.3, 0.4) is 0 Å². The van der Waals surface area contributed by atoms with E-state index < -0.39 is 18.2 Å². The van der Waals surface area contributed by atoms with E-state index in [4.69, 9.17) is 9.84 Å². The lowest BCUT2D eigenvalue weighted by Gasteiger charge is -2.13. The van der Waals surface area contributed by atoms with Crippen LogP contribution in [0.2, 0.25) is 0 Å². The quantitative estimate of drug-likeness (QED) is 0.598. The summed E-state index contributed by atoms with van der Waals surface area (Å²) in [6.07, 6.45) is -0.977. The van der Waals surface area contributed by atoms with E-state index in [9.17, 15) is 14.4 Å². The number of rotatable bonds is 6. The molecule has 3 rings (SSSR count). The normalized spacial score (nSPS) is 18.1. The number of benzene rings is 2. The Morgan fingerprint density at radius 1 is 1.00 bits per heavy atom. The molecule has 0 aliphatic carbocycles. The Morgan fingerprint density at radius 3 is 2.31 bits per heavy atom. The fourth-order valence-electron chi connectivity index (χ4n) is 3.09. The minimum Gasteiger partial charge on any atom is -0.479 e. The number of aliphatic carboxylic acids is 1. The number of ether oxygens (including phenoxy) is 1. The van der Waals surface area contributed by atoms with Crippen LogP contribution in [0, 0.1) is 6.92 Å². The summed E-state index contributed by atoms with van der Waals surface area (Å²) < 4.78 is 5.24. The van der Waals surface area contributed by atoms with E-state index in [1.54, 1.807) is 24.3 Å². The number of amides is 3. The van der Waals surface area contributed by atoms with Crippen LogP contribution in [0.4, 0.5) is 16.2 Å². The third-order valence-electron chi connectivity index (χ3n) is 4.51. The Morgan fingerprint density at radius 2 is 1.66 bits per heavy atom. The van der Waals surface area contributed by atoms with E-state index in [1.165, 1.54) is 0 Å². The number of anilines is 2. The Balaban J connectivity index is 1.51. The van der Waals surface area contributed by atoms with Crippen LogP contribution in [0.15, 0.2) is 48.5 Å². The van der Waals surface area contributed by atoms with Gasteiger partial charge in [-0.05, 0) is 55.2 Å². The Hall–Kier alpha value is -3.39. The maximum Gasteiger partial charge on any atom is 0.332 e. The van der Waals surface area contributed by atoms with Crippen LogP contribution in [0.5, 0.6) is 0 Å². The van der Waals surface area contributed by atoms with Gasteiger partial charge in [0.25, 0.3) is 0 Å². The van der Waals surface area contributed by atoms with Crippen molar-refractivity contribution in [3.05, 3.63) is 59.7 Å². The Bertz CT molecular complexity index is 915. The number of aryl methyl sites for hydroxylation is 1. The van der Waals surface area contributed by atoms with Crippen molar-refractivity contribution in [3.63, 3.8) is 0 Å². The second-order valence-electron chi connectivity index (χ2n) is 6.90. The fourth-order valence-corrected chi connectivity index (χ4v) is 3.09. The van der Waals surface area contributed by atoms with Crippen LogP contribution in [0.1, 0.15) is 24.0 Å². The molecule has 0 saturated carbocycles. The molecule has 0 aromatic heterocycles. The summed E-state index contributed by atoms with van der Waals surface area (Å²) in [4.78, 5) is 35.3. The molecule has 1 saturated heterocycles. The topological polar surface area (TPSA) is 117 Å². The molecule has 2 aromatic rings. The lowest BCUT2D eigenvalue weighted by atomic mass is 10.1. The first-order valence-electron chi connectivity index (χ1n) is 9.30. The van der Waals surface area contributed by atoms with Gasteiger partial charge in [-0.1, -0.05) is 24.3 Å². The van der Waals surface area contributed by atoms with Gasteiger partial charge in [0, 0.05) is 17.9 Å². The van der Waals surface area contributed by atoms with Crippen molar-refractivity contribution in [1.29, 1.82) is 0 Å². The highest BCUT2D eigenvalue weighted by atomic mass is 16.5. The molecular weight excluding hydrogens is 374 g/mol. The van der Waals surface area contributed by atoms with Gasteiger partial charge in [0.2, 0.25) is 5.91 Å². The van der Waals surface area contributed by atoms with E-state index in [0.717, 1.165) is 11.1 Å². The van der Waals surface area contributed by atoms with Crippen molar-refractivity contribution in [2.75, 3.05) is 10.6 Å². The molecule has 0 radical (unpaired) electrons. The second kappa shape index (κ2) is 9.20. The molecule has 29 heavy (non-hydrogen) atoms. The van der Waals surface area contributed by atoms with Crippen LogP contribution < -0.4 is 16.0 Å². The zero-order valence-corrected chi connectivity index (χ0v) is 16.0. The molecule has 1 fully saturated rings. The third kappa shape index (κ3) is 5.79. The number of urea groups is 1. The number of hydrogen-bond acceptors (Lipinski definition) is 4. The maximum absolute atomic E-state index is 12.2. The van der Waals surface area contributed by atoms with Crippen LogP contribution in [-0.4, -0.2) is 35.2 Å². The zero-order valence-electron chi connectivity index (χ0n) is 16.0. The molecule has 2 aromatic carbocycles. The Kier molecular flexibility index (Phi) is 6.46. The van der Waals surface area contributed by atoms with Crippen molar-refractivity contribution in [2.45, 2.75) is 38.5 Å². The molecular formula is C21H23N3O5. The predicted molar refractivity (Wildman–Crippen MR) is 108 cm³/mol. The molecule has 2 atom stereocenters. The summed E-state index contributed by atoms with van der Waals surface area (Å²) >= 11 is 0. The van der Waals surface area contributed by atoms with Crippen molar-refractivity contribution < 1.29 is 24.2 Å². The standard InChI is InChI=1S/C21H23N3O5/c1-13-4-2-6-15(10-13)23-21(28)24-16-7-3-5-14(11-16)12-22-19(25)17-8-9-18(29-17)20(26)27/h2-7,10-11,17-18H,8-9,12H2,1H3,(H,22,25)(H,26,27)(H2,23,24,28)/t17-,18+/m0/s1. The highest BCUT2D eigenvalue weighted by Crippen LogP contribution is 2.20. The van der Waals surface area contributed by atoms with Gasteiger partial charge in [0.1, 0.15) is 6.10 Å². The molecule has 3 amide bonds.